The van der Waals surface area contributed by atoms with Crippen molar-refractivity contribution in [3.05, 3.63) is 130 Å². The summed E-state index contributed by atoms with van der Waals surface area (Å²) in [6, 6.07) is 30.3. The van der Waals surface area contributed by atoms with Crippen molar-refractivity contribution in [1.29, 1.82) is 0 Å². The summed E-state index contributed by atoms with van der Waals surface area (Å²) in [5.41, 5.74) is 6.51. The van der Waals surface area contributed by atoms with Gasteiger partial charge in [-0.15, -0.1) is 0 Å². The minimum absolute atomic E-state index is 0.0851. The van der Waals surface area contributed by atoms with E-state index < -0.39 is 35.5 Å². The molecular formula is C44H46ClN3O7. The Kier molecular flexibility index (Phi) is 11.5. The van der Waals surface area contributed by atoms with Crippen LogP contribution in [0.3, 0.4) is 0 Å². The Morgan fingerprint density at radius 2 is 1.56 bits per heavy atom. The lowest BCUT2D eigenvalue weighted by Crippen LogP contribution is -2.64. The molecule has 1 saturated heterocycles. The van der Waals surface area contributed by atoms with Crippen molar-refractivity contribution in [1.82, 2.24) is 15.5 Å². The van der Waals surface area contributed by atoms with Crippen molar-refractivity contribution in [2.45, 2.75) is 61.9 Å². The monoisotopic (exact) mass is 763 g/mol. The average molecular weight is 764 g/mol. The molecule has 1 heterocycles. The Morgan fingerprint density at radius 3 is 2.24 bits per heavy atom. The Morgan fingerprint density at radius 1 is 0.909 bits per heavy atom. The number of methoxy groups -OCH3 is 1. The van der Waals surface area contributed by atoms with Gasteiger partial charge in [0.15, 0.2) is 0 Å². The third-order valence-electron chi connectivity index (χ3n) is 11.4. The van der Waals surface area contributed by atoms with Gasteiger partial charge in [-0.05, 0) is 89.1 Å². The van der Waals surface area contributed by atoms with E-state index in [1.54, 1.807) is 17.0 Å². The van der Waals surface area contributed by atoms with Crippen LogP contribution in [0.4, 0.5) is 4.79 Å². The number of hydrogen-bond acceptors (Lipinski definition) is 6. The summed E-state index contributed by atoms with van der Waals surface area (Å²) in [7, 11) is 1.45. The number of alkyl carbamates (subject to hydrolysis) is 1. The van der Waals surface area contributed by atoms with E-state index in [0.717, 1.165) is 45.4 Å². The maximum Gasteiger partial charge on any atom is 0.407 e. The molecular weight excluding hydrogens is 718 g/mol. The second kappa shape index (κ2) is 16.7. The number of amides is 3. The van der Waals surface area contributed by atoms with Crippen LogP contribution >= 0.6 is 11.6 Å². The smallest absolute Gasteiger partial charge is 0.407 e. The molecule has 4 aromatic rings. The number of carbonyl (C=O) groups excluding carboxylic acids is 3. The van der Waals surface area contributed by atoms with E-state index in [1.165, 1.54) is 7.11 Å². The van der Waals surface area contributed by atoms with Crippen molar-refractivity contribution in [2.75, 3.05) is 33.4 Å². The van der Waals surface area contributed by atoms with Crippen molar-refractivity contribution in [3.8, 4) is 11.1 Å². The van der Waals surface area contributed by atoms with Gasteiger partial charge in [-0.2, -0.15) is 0 Å². The minimum atomic E-state index is -1.09. The van der Waals surface area contributed by atoms with Gasteiger partial charge in [0.05, 0.1) is 24.5 Å². The standard InChI is InChI=1S/C44H46ClN3O7/c1-54-26-39(46-43(53)55-25-38-34-13-6-4-11-32(34)33-12-5-7-14-35(33)38)41(51)47-44(24-28-15-18-30(45)19-16-28)21-8-22-48(27-44)42(52)37(23-40(49)50)36-20-17-29-9-2-3-10-31(29)36/h2-7,9-16,18-19,36-39H,8,17,20-27H2,1H3,(H,46,53)(H,47,51)(H,49,50)/t36-,37-,39-,44?/m0/s1. The van der Waals surface area contributed by atoms with Crippen LogP contribution in [0.2, 0.25) is 5.02 Å². The molecule has 0 aromatic heterocycles. The number of ether oxygens (including phenoxy) is 2. The number of aryl methyl sites for hydroxylation is 1. The van der Waals surface area contributed by atoms with Crippen LogP contribution in [0.25, 0.3) is 11.1 Å². The first kappa shape index (κ1) is 38.1. The molecule has 7 rings (SSSR count). The van der Waals surface area contributed by atoms with Crippen LogP contribution in [0.5, 0.6) is 0 Å². The first-order valence-electron chi connectivity index (χ1n) is 18.9. The minimum Gasteiger partial charge on any atom is -0.481 e. The van der Waals surface area contributed by atoms with E-state index in [0.29, 0.717) is 37.3 Å². The first-order valence-corrected chi connectivity index (χ1v) is 19.3. The molecule has 2 aliphatic carbocycles. The topological polar surface area (TPSA) is 134 Å². The van der Waals surface area contributed by atoms with E-state index in [-0.39, 0.29) is 43.9 Å². The van der Waals surface area contributed by atoms with Crippen molar-refractivity contribution in [3.63, 3.8) is 0 Å². The number of fused-ring (bicyclic) bond motifs is 4. The van der Waals surface area contributed by atoms with E-state index in [2.05, 4.69) is 22.8 Å². The molecule has 0 radical (unpaired) electrons. The Bertz CT molecular complexity index is 2010. The molecule has 3 amide bonds. The SMILES string of the molecule is COC[C@H](NC(=O)OCC1c2ccccc2-c2ccccc21)C(=O)NC1(Cc2ccc(Cl)cc2)CCCN(C(=O)[C@@H](CC(=O)O)[C@H]2CCc3ccccc32)C1. The van der Waals surface area contributed by atoms with Gasteiger partial charge >= 0.3 is 12.1 Å². The zero-order valence-corrected chi connectivity index (χ0v) is 31.6. The number of aliphatic carboxylic acids is 1. The van der Waals surface area contributed by atoms with Gasteiger partial charge in [0.2, 0.25) is 11.8 Å². The summed E-state index contributed by atoms with van der Waals surface area (Å²) in [6.07, 6.45) is 1.95. The summed E-state index contributed by atoms with van der Waals surface area (Å²) in [6.45, 7) is 0.565. The molecule has 55 heavy (non-hydrogen) atoms. The largest absolute Gasteiger partial charge is 0.481 e. The van der Waals surface area contributed by atoms with Crippen LogP contribution in [-0.4, -0.2) is 78.9 Å². The van der Waals surface area contributed by atoms with Crippen molar-refractivity contribution < 1.29 is 33.8 Å². The molecule has 1 aliphatic heterocycles. The predicted molar refractivity (Wildman–Crippen MR) is 209 cm³/mol. The highest BCUT2D eigenvalue weighted by Gasteiger charge is 2.44. The van der Waals surface area contributed by atoms with Crippen LogP contribution in [-0.2, 0) is 36.7 Å². The highest BCUT2D eigenvalue weighted by Crippen LogP contribution is 2.45. The number of halogens is 1. The van der Waals surface area contributed by atoms with Gasteiger partial charge in [0.1, 0.15) is 12.6 Å². The first-order chi connectivity index (χ1) is 26.6. The number of nitrogens with one attached hydrogen (secondary N) is 2. The lowest BCUT2D eigenvalue weighted by atomic mass is 9.80. The molecule has 286 valence electrons. The molecule has 0 bridgehead atoms. The van der Waals surface area contributed by atoms with Gasteiger partial charge in [-0.25, -0.2) is 4.79 Å². The normalized spacial score (nSPS) is 19.7. The number of nitrogens with zero attached hydrogens (tertiary/aromatic N) is 1. The van der Waals surface area contributed by atoms with E-state index in [4.69, 9.17) is 21.1 Å². The van der Waals surface area contributed by atoms with Crippen LogP contribution in [0.1, 0.15) is 65.3 Å². The van der Waals surface area contributed by atoms with E-state index in [9.17, 15) is 24.3 Å². The molecule has 4 atom stereocenters. The van der Waals surface area contributed by atoms with E-state index >= 15 is 0 Å². The number of carbonyl (C=O) groups is 4. The number of carboxylic acids is 1. The van der Waals surface area contributed by atoms with Gasteiger partial charge in [-0.1, -0.05) is 96.5 Å². The summed E-state index contributed by atoms with van der Waals surface area (Å²) >= 11 is 6.22. The fourth-order valence-corrected chi connectivity index (χ4v) is 9.04. The molecule has 11 heteroatoms. The number of piperidine rings is 1. The maximum atomic E-state index is 14.5. The summed E-state index contributed by atoms with van der Waals surface area (Å²) < 4.78 is 11.2. The lowest BCUT2D eigenvalue weighted by Gasteiger charge is -2.45. The second-order valence-electron chi connectivity index (χ2n) is 15.0. The Balaban J connectivity index is 1.09. The Labute approximate surface area is 326 Å². The molecule has 3 N–H and O–H groups in total. The zero-order valence-electron chi connectivity index (χ0n) is 30.8. The molecule has 4 aromatic carbocycles. The van der Waals surface area contributed by atoms with Crippen molar-refractivity contribution >= 4 is 35.5 Å². The van der Waals surface area contributed by atoms with Crippen LogP contribution < -0.4 is 10.6 Å². The van der Waals surface area contributed by atoms with E-state index in [1.807, 2.05) is 72.8 Å². The predicted octanol–water partition coefficient (Wildman–Crippen LogP) is 6.73. The van der Waals surface area contributed by atoms with Crippen LogP contribution in [0.15, 0.2) is 97.1 Å². The third kappa shape index (κ3) is 8.40. The lowest BCUT2D eigenvalue weighted by molar-refractivity contribution is -0.147. The maximum absolute atomic E-state index is 14.5. The number of carboxylic acid groups (broad SMARTS) is 1. The average Bonchev–Trinajstić information content (AvgIpc) is 3.76. The highest BCUT2D eigenvalue weighted by molar-refractivity contribution is 6.30. The quantitative estimate of drug-likeness (QED) is 0.138. The molecule has 0 saturated carbocycles. The fraction of sp³-hybridized carbons (Fsp3) is 0.364. The molecule has 10 nitrogen and oxygen atoms in total. The third-order valence-corrected chi connectivity index (χ3v) is 11.6. The Hall–Kier alpha value is -5.19. The van der Waals surface area contributed by atoms with Gasteiger partial charge in [0.25, 0.3) is 0 Å². The molecule has 1 unspecified atom stereocenters. The molecule has 1 fully saturated rings. The fourth-order valence-electron chi connectivity index (χ4n) is 8.92. The van der Waals surface area contributed by atoms with Gasteiger partial charge in [0, 0.05) is 31.1 Å². The number of likely N-dealkylation sites (tertiary alicyclic amines) is 1. The number of benzene rings is 4. The number of hydrogen-bond donors (Lipinski definition) is 3. The summed E-state index contributed by atoms with van der Waals surface area (Å²) in [4.78, 5) is 55.9. The summed E-state index contributed by atoms with van der Waals surface area (Å²) in [5, 5.41) is 16.5. The highest BCUT2D eigenvalue weighted by atomic mass is 35.5. The van der Waals surface area contributed by atoms with Crippen LogP contribution in [0, 0.1) is 5.92 Å². The summed E-state index contributed by atoms with van der Waals surface area (Å²) in [5.74, 6) is -2.85. The number of rotatable bonds is 13. The zero-order chi connectivity index (χ0) is 38.5. The van der Waals surface area contributed by atoms with Crippen molar-refractivity contribution in [2.24, 2.45) is 5.92 Å². The van der Waals surface area contributed by atoms with Gasteiger partial charge in [-0.3, -0.25) is 14.4 Å². The molecule has 3 aliphatic rings. The molecule has 0 spiro atoms. The second-order valence-corrected chi connectivity index (χ2v) is 15.4. The van der Waals surface area contributed by atoms with Gasteiger partial charge < -0.3 is 30.1 Å².